The van der Waals surface area contributed by atoms with Gasteiger partial charge in [0.15, 0.2) is 5.58 Å². The fraction of sp³-hybridized carbons (Fsp3) is 0.357. The second kappa shape index (κ2) is 4.06. The van der Waals surface area contributed by atoms with Crippen LogP contribution in [-0.2, 0) is 20.7 Å². The van der Waals surface area contributed by atoms with Gasteiger partial charge < -0.3 is 14.2 Å². The molecule has 20 heavy (non-hydrogen) atoms. The maximum absolute atomic E-state index is 12.3. The number of morpholine rings is 1. The average Bonchev–Trinajstić information content (AvgIpc) is 3.12. The normalized spacial score (nSPS) is 24.4. The van der Waals surface area contributed by atoms with Crippen LogP contribution in [0.3, 0.4) is 0 Å². The van der Waals surface area contributed by atoms with Gasteiger partial charge in [-0.2, -0.15) is 0 Å². The summed E-state index contributed by atoms with van der Waals surface area (Å²) in [7, 11) is 0. The summed E-state index contributed by atoms with van der Waals surface area (Å²) >= 11 is 0. The maximum Gasteiger partial charge on any atom is 0.329 e. The van der Waals surface area contributed by atoms with Crippen LogP contribution in [-0.4, -0.2) is 40.6 Å². The van der Waals surface area contributed by atoms with Gasteiger partial charge >= 0.3 is 5.97 Å². The van der Waals surface area contributed by atoms with E-state index in [0.717, 1.165) is 5.39 Å². The van der Waals surface area contributed by atoms with Crippen molar-refractivity contribution in [1.82, 2.24) is 10.1 Å². The molecule has 1 aromatic heterocycles. The first kappa shape index (κ1) is 11.5. The third kappa shape index (κ3) is 1.61. The average molecular weight is 272 g/mol. The number of ether oxygens (including phenoxy) is 1. The molecule has 6 heteroatoms. The number of para-hydroxylation sites is 1. The van der Waals surface area contributed by atoms with Crippen LogP contribution in [0.2, 0.25) is 0 Å². The minimum atomic E-state index is -0.411. The van der Waals surface area contributed by atoms with Gasteiger partial charge in [-0.15, -0.1) is 0 Å². The molecule has 102 valence electrons. The van der Waals surface area contributed by atoms with E-state index >= 15 is 0 Å². The number of esters is 1. The molecule has 0 unspecified atom stereocenters. The Balaban J connectivity index is 1.57. The van der Waals surface area contributed by atoms with Gasteiger partial charge in [0.2, 0.25) is 5.91 Å². The summed E-state index contributed by atoms with van der Waals surface area (Å²) in [4.78, 5) is 25.4. The van der Waals surface area contributed by atoms with Gasteiger partial charge in [-0.1, -0.05) is 17.3 Å². The van der Waals surface area contributed by atoms with Crippen molar-refractivity contribution in [2.45, 2.75) is 25.0 Å². The Morgan fingerprint density at radius 1 is 1.40 bits per heavy atom. The van der Waals surface area contributed by atoms with Crippen LogP contribution >= 0.6 is 0 Å². The Hall–Kier alpha value is -2.37. The van der Waals surface area contributed by atoms with E-state index in [1.165, 1.54) is 0 Å². The Labute approximate surface area is 114 Å². The van der Waals surface area contributed by atoms with E-state index in [-0.39, 0.29) is 24.4 Å². The van der Waals surface area contributed by atoms with Gasteiger partial charge in [-0.05, 0) is 12.1 Å². The summed E-state index contributed by atoms with van der Waals surface area (Å²) in [6, 6.07) is 7.01. The summed E-state index contributed by atoms with van der Waals surface area (Å²) < 4.78 is 10.3. The molecular formula is C14H12N2O4. The van der Waals surface area contributed by atoms with Crippen molar-refractivity contribution in [2.24, 2.45) is 0 Å². The molecule has 4 rings (SSSR count). The number of carbonyl (C=O) groups is 2. The maximum atomic E-state index is 12.3. The number of aromatic nitrogens is 1. The molecule has 2 aliphatic heterocycles. The van der Waals surface area contributed by atoms with Gasteiger partial charge in [-0.3, -0.25) is 4.79 Å². The van der Waals surface area contributed by atoms with E-state index in [4.69, 9.17) is 9.26 Å². The van der Waals surface area contributed by atoms with Gasteiger partial charge in [0.25, 0.3) is 0 Å². The Bertz CT molecular complexity index is 708. The molecule has 1 amide bonds. The molecular weight excluding hydrogens is 260 g/mol. The third-order valence-corrected chi connectivity index (χ3v) is 3.91. The largest absolute Gasteiger partial charge is 0.459 e. The first-order valence-electron chi connectivity index (χ1n) is 6.55. The van der Waals surface area contributed by atoms with Crippen molar-refractivity contribution >= 4 is 22.8 Å². The molecule has 2 saturated heterocycles. The molecule has 2 fully saturated rings. The topological polar surface area (TPSA) is 72.6 Å². The number of carbonyl (C=O) groups excluding carboxylic acids is 2. The zero-order valence-electron chi connectivity index (χ0n) is 10.6. The number of hydrogen-bond acceptors (Lipinski definition) is 5. The van der Waals surface area contributed by atoms with E-state index in [2.05, 4.69) is 5.16 Å². The van der Waals surface area contributed by atoms with Gasteiger partial charge in [0, 0.05) is 11.8 Å². The highest BCUT2D eigenvalue weighted by Crippen LogP contribution is 2.30. The van der Waals surface area contributed by atoms with Crippen LogP contribution < -0.4 is 0 Å². The van der Waals surface area contributed by atoms with Crippen LogP contribution in [0.15, 0.2) is 28.8 Å². The summed E-state index contributed by atoms with van der Waals surface area (Å²) in [5, 5.41) is 4.79. The van der Waals surface area contributed by atoms with Crippen molar-refractivity contribution < 1.29 is 18.8 Å². The SMILES string of the molecule is O=C1O[C@H]2C[C@H]1N(C(=O)Cc1noc3ccccc13)C2. The number of benzene rings is 1. The van der Waals surface area contributed by atoms with Gasteiger partial charge in [0.1, 0.15) is 17.8 Å². The van der Waals surface area contributed by atoms with E-state index in [1.54, 1.807) is 4.90 Å². The fourth-order valence-electron chi connectivity index (χ4n) is 2.94. The van der Waals surface area contributed by atoms with E-state index in [9.17, 15) is 9.59 Å². The van der Waals surface area contributed by atoms with Crippen LogP contribution in [0.4, 0.5) is 0 Å². The Kier molecular flexibility index (Phi) is 2.33. The number of likely N-dealkylation sites (tertiary alicyclic amines) is 1. The molecule has 0 aliphatic carbocycles. The summed E-state index contributed by atoms with van der Waals surface area (Å²) in [6.45, 7) is 0.491. The molecule has 1 aromatic carbocycles. The van der Waals surface area contributed by atoms with Gasteiger partial charge in [0.05, 0.1) is 13.0 Å². The Morgan fingerprint density at radius 2 is 2.25 bits per heavy atom. The standard InChI is InChI=1S/C14H12N2O4/c17-13(16-7-8-5-11(16)14(18)19-8)6-10-9-3-1-2-4-12(9)20-15-10/h1-4,8,11H,5-7H2/t8-,11+/m0/s1. The predicted octanol–water partition coefficient (Wildman–Crippen LogP) is 0.897. The quantitative estimate of drug-likeness (QED) is 0.759. The molecule has 2 aromatic rings. The number of nitrogens with zero attached hydrogens (tertiary/aromatic N) is 2. The number of rotatable bonds is 2. The second-order valence-corrected chi connectivity index (χ2v) is 5.16. The highest BCUT2D eigenvalue weighted by atomic mass is 16.6. The van der Waals surface area contributed by atoms with E-state index in [1.807, 2.05) is 24.3 Å². The van der Waals surface area contributed by atoms with Crippen LogP contribution in [0.1, 0.15) is 12.1 Å². The summed E-state index contributed by atoms with van der Waals surface area (Å²) in [5.41, 5.74) is 1.28. The van der Waals surface area contributed by atoms with E-state index < -0.39 is 6.04 Å². The zero-order valence-corrected chi connectivity index (χ0v) is 10.6. The molecule has 6 nitrogen and oxygen atoms in total. The minimum absolute atomic E-state index is 0.104. The molecule has 0 saturated carbocycles. The van der Waals surface area contributed by atoms with Crippen molar-refractivity contribution in [3.63, 3.8) is 0 Å². The van der Waals surface area contributed by atoms with Crippen molar-refractivity contribution in [2.75, 3.05) is 6.54 Å². The fourth-order valence-corrected chi connectivity index (χ4v) is 2.94. The molecule has 0 N–H and O–H groups in total. The van der Waals surface area contributed by atoms with E-state index in [0.29, 0.717) is 24.2 Å². The first-order valence-corrected chi connectivity index (χ1v) is 6.55. The number of amides is 1. The molecule has 2 aliphatic rings. The predicted molar refractivity (Wildman–Crippen MR) is 67.7 cm³/mol. The highest BCUT2D eigenvalue weighted by Gasteiger charge is 2.48. The van der Waals surface area contributed by atoms with Crippen molar-refractivity contribution in [3.05, 3.63) is 30.0 Å². The zero-order chi connectivity index (χ0) is 13.7. The van der Waals surface area contributed by atoms with Crippen LogP contribution in [0.25, 0.3) is 11.0 Å². The lowest BCUT2D eigenvalue weighted by Gasteiger charge is -2.25. The lowest BCUT2D eigenvalue weighted by molar-refractivity contribution is -0.156. The first-order chi connectivity index (χ1) is 9.72. The Morgan fingerprint density at radius 3 is 3.05 bits per heavy atom. The third-order valence-electron chi connectivity index (χ3n) is 3.91. The molecule has 2 bridgehead atoms. The molecule has 0 spiro atoms. The lowest BCUT2D eigenvalue weighted by Crippen LogP contribution is -2.45. The van der Waals surface area contributed by atoms with Crippen molar-refractivity contribution in [1.29, 1.82) is 0 Å². The van der Waals surface area contributed by atoms with Gasteiger partial charge in [-0.25, -0.2) is 4.79 Å². The van der Waals surface area contributed by atoms with Crippen LogP contribution in [0.5, 0.6) is 0 Å². The highest BCUT2D eigenvalue weighted by molar-refractivity contribution is 5.90. The summed E-state index contributed by atoms with van der Waals surface area (Å²) in [6.07, 6.45) is 0.628. The summed E-state index contributed by atoms with van der Waals surface area (Å²) in [5.74, 6) is -0.396. The molecule has 3 heterocycles. The number of hydrogen-bond donors (Lipinski definition) is 0. The molecule has 2 atom stereocenters. The number of fused-ring (bicyclic) bond motifs is 3. The minimum Gasteiger partial charge on any atom is -0.459 e. The van der Waals surface area contributed by atoms with Crippen LogP contribution in [0, 0.1) is 0 Å². The monoisotopic (exact) mass is 272 g/mol. The lowest BCUT2D eigenvalue weighted by atomic mass is 10.1. The second-order valence-electron chi connectivity index (χ2n) is 5.16. The smallest absolute Gasteiger partial charge is 0.329 e. The molecule has 0 radical (unpaired) electrons. The van der Waals surface area contributed by atoms with Crippen molar-refractivity contribution in [3.8, 4) is 0 Å².